The third kappa shape index (κ3) is 4.04. The summed E-state index contributed by atoms with van der Waals surface area (Å²) in [5, 5.41) is 12.5. The number of hydroxylamine groups is 2. The Bertz CT molecular complexity index is 436. The monoisotopic (exact) mass is 266 g/mol. The van der Waals surface area contributed by atoms with E-state index >= 15 is 0 Å². The Balaban J connectivity index is 2.69. The standard InChI is InChI=1S/C13H18N2O4/c1-2-19-12(16)9-6-10-15(18,13(14)17)11-7-4-3-5-8-11/h3-5,7-8H,2,6,9-10H2,1H3,(H2,14,17). The summed E-state index contributed by atoms with van der Waals surface area (Å²) in [6.45, 7) is 1.92. The largest absolute Gasteiger partial charge is 0.618 e. The average Bonchev–Trinajstić information content (AvgIpc) is 2.39. The number of carbonyl (C=O) groups is 2. The molecule has 1 unspecified atom stereocenters. The lowest BCUT2D eigenvalue weighted by Gasteiger charge is -2.37. The van der Waals surface area contributed by atoms with Gasteiger partial charge in [-0.05, 0) is 19.1 Å². The molecule has 19 heavy (non-hydrogen) atoms. The molecule has 1 aromatic rings. The highest BCUT2D eigenvalue weighted by Crippen LogP contribution is 2.22. The van der Waals surface area contributed by atoms with Crippen molar-refractivity contribution in [2.75, 3.05) is 13.2 Å². The number of quaternary nitrogens is 1. The van der Waals surface area contributed by atoms with E-state index in [4.69, 9.17) is 10.5 Å². The van der Waals surface area contributed by atoms with Crippen molar-refractivity contribution in [1.82, 2.24) is 4.65 Å². The van der Waals surface area contributed by atoms with Crippen LogP contribution < -0.4 is 10.4 Å². The third-order valence-corrected chi connectivity index (χ3v) is 2.69. The molecule has 6 heteroatoms. The molecule has 0 radical (unpaired) electrons. The van der Waals surface area contributed by atoms with Gasteiger partial charge in [-0.15, -0.1) is 0 Å². The van der Waals surface area contributed by atoms with Crippen LogP contribution in [0.25, 0.3) is 0 Å². The number of ether oxygens (including phenoxy) is 1. The minimum atomic E-state index is -1.26. The van der Waals surface area contributed by atoms with Crippen LogP contribution in [0, 0.1) is 5.21 Å². The van der Waals surface area contributed by atoms with Crippen LogP contribution in [0.1, 0.15) is 19.8 Å². The highest BCUT2D eigenvalue weighted by atomic mass is 16.6. The van der Waals surface area contributed by atoms with Crippen LogP contribution >= 0.6 is 0 Å². The SMILES string of the molecule is CCOC(=O)CCC[N+]([O-])(C(N)=O)c1ccccc1. The number of nitrogens with two attached hydrogens (primary N) is 1. The summed E-state index contributed by atoms with van der Waals surface area (Å²) < 4.78 is 3.50. The second kappa shape index (κ2) is 6.86. The molecule has 0 aromatic heterocycles. The van der Waals surface area contributed by atoms with E-state index < -0.39 is 10.7 Å². The Hall–Kier alpha value is -1.92. The minimum absolute atomic E-state index is 0.0852. The number of nitrogens with zero attached hydrogens (tertiary/aromatic N) is 1. The lowest BCUT2D eigenvalue weighted by atomic mass is 10.2. The van der Waals surface area contributed by atoms with Crippen LogP contribution in [0.2, 0.25) is 0 Å². The van der Waals surface area contributed by atoms with Gasteiger partial charge in [-0.2, -0.15) is 0 Å². The molecule has 0 fully saturated rings. The Morgan fingerprint density at radius 1 is 1.32 bits per heavy atom. The fourth-order valence-electron chi connectivity index (χ4n) is 1.71. The molecule has 0 aliphatic rings. The molecule has 0 spiro atoms. The molecule has 1 atom stereocenters. The topological polar surface area (TPSA) is 92.4 Å². The van der Waals surface area contributed by atoms with Crippen molar-refractivity contribution in [3.8, 4) is 0 Å². The molecule has 0 saturated carbocycles. The van der Waals surface area contributed by atoms with Gasteiger partial charge in [-0.1, -0.05) is 18.2 Å². The Kier molecular flexibility index (Phi) is 5.47. The number of carbonyl (C=O) groups excluding carboxylic acids is 2. The first-order valence-electron chi connectivity index (χ1n) is 6.11. The van der Waals surface area contributed by atoms with E-state index in [1.54, 1.807) is 37.3 Å². The van der Waals surface area contributed by atoms with Gasteiger partial charge in [0.15, 0.2) is 0 Å². The summed E-state index contributed by atoms with van der Waals surface area (Å²) in [7, 11) is 0. The maximum atomic E-state index is 12.5. The van der Waals surface area contributed by atoms with Crippen LogP contribution in [0.4, 0.5) is 10.5 Å². The third-order valence-electron chi connectivity index (χ3n) is 2.69. The van der Waals surface area contributed by atoms with Gasteiger partial charge in [0.2, 0.25) is 0 Å². The lowest BCUT2D eigenvalue weighted by molar-refractivity contribution is -0.143. The summed E-state index contributed by atoms with van der Waals surface area (Å²) in [4.78, 5) is 22.6. The van der Waals surface area contributed by atoms with Crippen LogP contribution in [-0.4, -0.2) is 25.2 Å². The van der Waals surface area contributed by atoms with E-state index in [1.165, 1.54) is 0 Å². The van der Waals surface area contributed by atoms with Gasteiger partial charge in [0.05, 0.1) is 19.6 Å². The molecule has 0 saturated heterocycles. The van der Waals surface area contributed by atoms with Gasteiger partial charge in [0.1, 0.15) is 5.69 Å². The van der Waals surface area contributed by atoms with Gasteiger partial charge < -0.3 is 15.7 Å². The predicted octanol–water partition coefficient (Wildman–Crippen LogP) is 1.91. The zero-order chi connectivity index (χ0) is 14.3. The van der Waals surface area contributed by atoms with Crippen molar-refractivity contribution in [3.05, 3.63) is 35.5 Å². The van der Waals surface area contributed by atoms with E-state index in [2.05, 4.69) is 0 Å². The van der Waals surface area contributed by atoms with Gasteiger partial charge in [0.25, 0.3) is 0 Å². The fourth-order valence-corrected chi connectivity index (χ4v) is 1.71. The van der Waals surface area contributed by atoms with Crippen molar-refractivity contribution < 1.29 is 14.3 Å². The molecule has 6 nitrogen and oxygen atoms in total. The van der Waals surface area contributed by atoms with Gasteiger partial charge in [-0.25, -0.2) is 9.44 Å². The van der Waals surface area contributed by atoms with Crippen LogP contribution in [0.5, 0.6) is 0 Å². The van der Waals surface area contributed by atoms with Gasteiger partial charge >= 0.3 is 12.0 Å². The van der Waals surface area contributed by atoms with E-state index in [9.17, 15) is 14.8 Å². The first kappa shape index (κ1) is 15.1. The van der Waals surface area contributed by atoms with E-state index in [0.29, 0.717) is 6.61 Å². The molecule has 2 N–H and O–H groups in total. The summed E-state index contributed by atoms with van der Waals surface area (Å²) in [5.41, 5.74) is 5.45. The van der Waals surface area contributed by atoms with Crippen molar-refractivity contribution in [1.29, 1.82) is 0 Å². The molecular formula is C13H18N2O4. The van der Waals surface area contributed by atoms with Crippen molar-refractivity contribution in [2.45, 2.75) is 19.8 Å². The summed E-state index contributed by atoms with van der Waals surface area (Å²) in [6.07, 6.45) is 0.330. The molecule has 0 bridgehead atoms. The van der Waals surface area contributed by atoms with Gasteiger partial charge in [0, 0.05) is 6.42 Å². The van der Waals surface area contributed by atoms with Crippen molar-refractivity contribution in [2.24, 2.45) is 5.73 Å². The Labute approximate surface area is 111 Å². The summed E-state index contributed by atoms with van der Waals surface area (Å²) >= 11 is 0. The molecule has 0 aliphatic carbocycles. The van der Waals surface area contributed by atoms with E-state index in [0.717, 1.165) is 0 Å². The first-order chi connectivity index (χ1) is 9.00. The Morgan fingerprint density at radius 3 is 2.47 bits per heavy atom. The van der Waals surface area contributed by atoms with E-state index in [-0.39, 0.29) is 31.0 Å². The van der Waals surface area contributed by atoms with Crippen molar-refractivity contribution in [3.63, 3.8) is 0 Å². The number of para-hydroxylation sites is 1. The maximum absolute atomic E-state index is 12.5. The summed E-state index contributed by atoms with van der Waals surface area (Å²) in [6, 6.07) is 7.16. The molecule has 1 aromatic carbocycles. The fraction of sp³-hybridized carbons (Fsp3) is 0.385. The molecule has 0 heterocycles. The van der Waals surface area contributed by atoms with Crippen molar-refractivity contribution >= 4 is 17.7 Å². The smallest absolute Gasteiger partial charge is 0.419 e. The summed E-state index contributed by atoms with van der Waals surface area (Å²) in [5.74, 6) is -0.383. The van der Waals surface area contributed by atoms with Crippen LogP contribution in [-0.2, 0) is 9.53 Å². The lowest BCUT2D eigenvalue weighted by Crippen LogP contribution is -2.52. The molecule has 0 aliphatic heterocycles. The second-order valence-corrected chi connectivity index (χ2v) is 4.05. The number of esters is 1. The average molecular weight is 266 g/mol. The normalized spacial score (nSPS) is 13.6. The Morgan fingerprint density at radius 2 is 1.95 bits per heavy atom. The van der Waals surface area contributed by atoms with Crippen LogP contribution in [0.15, 0.2) is 30.3 Å². The highest BCUT2D eigenvalue weighted by Gasteiger charge is 2.27. The molecular weight excluding hydrogens is 248 g/mol. The highest BCUT2D eigenvalue weighted by molar-refractivity contribution is 5.86. The number of hydrogen-bond acceptors (Lipinski definition) is 4. The minimum Gasteiger partial charge on any atom is -0.618 e. The molecule has 2 amide bonds. The number of urea groups is 1. The number of amides is 2. The molecule has 1 rings (SSSR count). The predicted molar refractivity (Wildman–Crippen MR) is 71.9 cm³/mol. The number of rotatable bonds is 6. The van der Waals surface area contributed by atoms with Gasteiger partial charge in [-0.3, -0.25) is 4.79 Å². The molecule has 104 valence electrons. The number of primary amides is 1. The van der Waals surface area contributed by atoms with Crippen LogP contribution in [0.3, 0.4) is 0 Å². The zero-order valence-corrected chi connectivity index (χ0v) is 10.9. The number of hydrogen-bond donors (Lipinski definition) is 1. The zero-order valence-electron chi connectivity index (χ0n) is 10.9. The number of benzene rings is 1. The first-order valence-corrected chi connectivity index (χ1v) is 6.11. The second-order valence-electron chi connectivity index (χ2n) is 4.05. The van der Waals surface area contributed by atoms with E-state index in [1.807, 2.05) is 0 Å². The quantitative estimate of drug-likeness (QED) is 0.483. The maximum Gasteiger partial charge on any atom is 0.419 e.